The monoisotopic (exact) mass is 102 g/mol. The summed E-state index contributed by atoms with van der Waals surface area (Å²) in [5.74, 6) is -1.01. The average Bonchev–Trinajstić information content (AvgIpc) is 1.61. The van der Waals surface area contributed by atoms with Crippen LogP contribution in [0, 0.1) is 0 Å². The Bertz CT molecular complexity index is 62.7. The Morgan fingerprint density at radius 3 is 2.43 bits per heavy atom. The maximum atomic E-state index is 9.61. The molecule has 0 bridgehead atoms. The van der Waals surface area contributed by atoms with Crippen LogP contribution < -0.4 is 5.32 Å². The van der Waals surface area contributed by atoms with Gasteiger partial charge in [-0.15, -0.1) is 0 Å². The second-order valence-corrected chi connectivity index (χ2v) is 1.23. The number of carbonyl (C=O) groups is 1. The first kappa shape index (κ1) is 6.43. The Morgan fingerprint density at radius 1 is 1.71 bits per heavy atom. The molecule has 0 aliphatic rings. The van der Waals surface area contributed by atoms with Crippen molar-refractivity contribution in [2.75, 3.05) is 13.6 Å². The van der Waals surface area contributed by atoms with Crippen molar-refractivity contribution in [3.05, 3.63) is 0 Å². The van der Waals surface area contributed by atoms with Gasteiger partial charge in [0, 0.05) is 6.54 Å². The molecule has 0 rings (SSSR count). The van der Waals surface area contributed by atoms with Gasteiger partial charge in [0.1, 0.15) is 0 Å². The lowest BCUT2D eigenvalue weighted by Gasteiger charge is -1.86. The predicted molar refractivity (Wildman–Crippen MR) is 24.2 cm³/mol. The lowest BCUT2D eigenvalue weighted by Crippen LogP contribution is -2.11. The smallest absolute Gasteiger partial charge is 0.319 e. The molecule has 0 aliphatic heterocycles. The van der Waals surface area contributed by atoms with Crippen molar-refractivity contribution in [1.82, 2.24) is 5.32 Å². The van der Waals surface area contributed by atoms with Crippen LogP contribution >= 0.6 is 0 Å². The summed E-state index contributed by atoms with van der Waals surface area (Å²) in [4.78, 5) is 9.61. The molecule has 0 unspecified atom stereocenters. The summed E-state index contributed by atoms with van der Waals surface area (Å²) in [5.41, 5.74) is 0. The van der Waals surface area contributed by atoms with Gasteiger partial charge in [0.05, 0.1) is 6.42 Å². The van der Waals surface area contributed by atoms with Crippen LogP contribution in [0.15, 0.2) is 0 Å². The summed E-state index contributed by atoms with van der Waals surface area (Å²) in [6, 6.07) is 0. The SMILES string of the molecule is CNCCC([O])=O. The molecule has 41 valence electrons. The van der Waals surface area contributed by atoms with Crippen molar-refractivity contribution in [2.24, 2.45) is 0 Å². The number of carbonyl (C=O) groups excluding carboxylic acids is 1. The summed E-state index contributed by atoms with van der Waals surface area (Å²) in [7, 11) is 1.70. The summed E-state index contributed by atoms with van der Waals surface area (Å²) in [5, 5.41) is 12.3. The average molecular weight is 102 g/mol. The molecule has 0 spiro atoms. The highest BCUT2D eigenvalue weighted by atomic mass is 16.4. The number of hydrogen-bond acceptors (Lipinski definition) is 2. The highest BCUT2D eigenvalue weighted by Crippen LogP contribution is 1.72. The second-order valence-electron chi connectivity index (χ2n) is 1.23. The molecular weight excluding hydrogens is 94.0 g/mol. The van der Waals surface area contributed by atoms with E-state index in [9.17, 15) is 9.90 Å². The molecule has 3 nitrogen and oxygen atoms in total. The van der Waals surface area contributed by atoms with Gasteiger partial charge >= 0.3 is 5.97 Å². The molecule has 7 heavy (non-hydrogen) atoms. The molecule has 1 radical (unpaired) electrons. The Hall–Kier alpha value is -0.570. The zero-order valence-corrected chi connectivity index (χ0v) is 4.23. The fraction of sp³-hybridized carbons (Fsp3) is 0.750. The van der Waals surface area contributed by atoms with Gasteiger partial charge in [-0.1, -0.05) is 0 Å². The highest BCUT2D eigenvalue weighted by Gasteiger charge is 1.93. The molecule has 0 saturated carbocycles. The molecule has 0 heterocycles. The zero-order chi connectivity index (χ0) is 5.70. The van der Waals surface area contributed by atoms with Crippen molar-refractivity contribution >= 4 is 5.97 Å². The molecule has 1 N–H and O–H groups in total. The first-order valence-corrected chi connectivity index (χ1v) is 2.12. The van der Waals surface area contributed by atoms with E-state index in [1.807, 2.05) is 0 Å². The first-order valence-electron chi connectivity index (χ1n) is 2.12. The summed E-state index contributed by atoms with van der Waals surface area (Å²) < 4.78 is 0. The van der Waals surface area contributed by atoms with Gasteiger partial charge in [-0.05, 0) is 7.05 Å². The van der Waals surface area contributed by atoms with E-state index >= 15 is 0 Å². The number of rotatable bonds is 3. The van der Waals surface area contributed by atoms with Crippen molar-refractivity contribution in [1.29, 1.82) is 0 Å². The van der Waals surface area contributed by atoms with E-state index in [1.165, 1.54) is 0 Å². The Balaban J connectivity index is 2.82. The standard InChI is InChI=1S/C4H8NO2/c1-5-3-2-4(6)7/h5H,2-3H2,1H3. The van der Waals surface area contributed by atoms with Crippen LogP contribution in [0.4, 0.5) is 0 Å². The van der Waals surface area contributed by atoms with E-state index in [0.29, 0.717) is 6.54 Å². The molecule has 0 atom stereocenters. The molecule has 0 aliphatic carbocycles. The van der Waals surface area contributed by atoms with Crippen LogP contribution in [-0.2, 0) is 9.90 Å². The van der Waals surface area contributed by atoms with Crippen molar-refractivity contribution < 1.29 is 9.90 Å². The minimum atomic E-state index is -1.01. The van der Waals surface area contributed by atoms with Gasteiger partial charge in [0.25, 0.3) is 0 Å². The minimum Gasteiger partial charge on any atom is -0.319 e. The maximum Gasteiger partial charge on any atom is 0.356 e. The Labute approximate surface area is 42.3 Å². The lowest BCUT2D eigenvalue weighted by molar-refractivity contribution is -0.142. The van der Waals surface area contributed by atoms with Crippen LogP contribution in [0.5, 0.6) is 0 Å². The maximum absolute atomic E-state index is 9.61. The summed E-state index contributed by atoms with van der Waals surface area (Å²) in [6.45, 7) is 0.488. The van der Waals surface area contributed by atoms with Crippen LogP contribution in [0.3, 0.4) is 0 Å². The second kappa shape index (κ2) is 3.61. The van der Waals surface area contributed by atoms with Crippen LogP contribution in [0.25, 0.3) is 0 Å². The lowest BCUT2D eigenvalue weighted by atomic mass is 10.4. The largest absolute Gasteiger partial charge is 0.356 e. The van der Waals surface area contributed by atoms with Crippen LogP contribution in [0.2, 0.25) is 0 Å². The minimum absolute atomic E-state index is 0.0938. The first-order chi connectivity index (χ1) is 3.27. The van der Waals surface area contributed by atoms with Crippen LogP contribution in [-0.4, -0.2) is 19.6 Å². The highest BCUT2D eigenvalue weighted by molar-refractivity contribution is 5.66. The van der Waals surface area contributed by atoms with Gasteiger partial charge < -0.3 is 5.32 Å². The predicted octanol–water partition coefficient (Wildman–Crippen LogP) is -0.447. The summed E-state index contributed by atoms with van der Waals surface area (Å²) in [6.07, 6.45) is 0.0938. The third kappa shape index (κ3) is 5.43. The van der Waals surface area contributed by atoms with Gasteiger partial charge in [-0.2, -0.15) is 0 Å². The van der Waals surface area contributed by atoms with Gasteiger partial charge in [-0.3, -0.25) is 0 Å². The topological polar surface area (TPSA) is 49.0 Å². The fourth-order valence-electron chi connectivity index (χ4n) is 0.227. The van der Waals surface area contributed by atoms with Crippen molar-refractivity contribution in [2.45, 2.75) is 6.42 Å². The van der Waals surface area contributed by atoms with E-state index < -0.39 is 5.97 Å². The third-order valence-electron chi connectivity index (χ3n) is 0.579. The molecule has 0 amide bonds. The molecule has 0 fully saturated rings. The molecular formula is C4H8NO2. The fourth-order valence-corrected chi connectivity index (χ4v) is 0.227. The Morgan fingerprint density at radius 2 is 2.29 bits per heavy atom. The summed E-state index contributed by atoms with van der Waals surface area (Å²) >= 11 is 0. The normalized spacial score (nSPS) is 8.71. The molecule has 0 aromatic rings. The van der Waals surface area contributed by atoms with E-state index in [2.05, 4.69) is 5.32 Å². The van der Waals surface area contributed by atoms with Crippen molar-refractivity contribution in [3.63, 3.8) is 0 Å². The van der Waals surface area contributed by atoms with E-state index in [0.717, 1.165) is 0 Å². The van der Waals surface area contributed by atoms with Gasteiger partial charge in [-0.25, -0.2) is 9.90 Å². The zero-order valence-electron chi connectivity index (χ0n) is 4.23. The molecule has 0 aromatic heterocycles. The molecule has 0 aromatic carbocycles. The van der Waals surface area contributed by atoms with Gasteiger partial charge in [0.2, 0.25) is 0 Å². The number of nitrogens with one attached hydrogen (secondary N) is 1. The molecule has 0 saturated heterocycles. The Kier molecular flexibility index (Phi) is 3.32. The van der Waals surface area contributed by atoms with E-state index in [4.69, 9.17) is 0 Å². The van der Waals surface area contributed by atoms with Gasteiger partial charge in [0.15, 0.2) is 0 Å². The van der Waals surface area contributed by atoms with E-state index in [1.54, 1.807) is 7.05 Å². The number of hydrogen-bond donors (Lipinski definition) is 1. The van der Waals surface area contributed by atoms with E-state index in [-0.39, 0.29) is 6.42 Å². The van der Waals surface area contributed by atoms with Crippen LogP contribution in [0.1, 0.15) is 6.42 Å². The van der Waals surface area contributed by atoms with Crippen molar-refractivity contribution in [3.8, 4) is 0 Å². The molecule has 3 heteroatoms. The third-order valence-corrected chi connectivity index (χ3v) is 0.579. The quantitative estimate of drug-likeness (QED) is 0.524.